The molecule has 1 aliphatic heterocycles. The Morgan fingerprint density at radius 3 is 2.00 bits per heavy atom. The van der Waals surface area contributed by atoms with Crippen molar-refractivity contribution in [2.24, 2.45) is 23.7 Å². The van der Waals surface area contributed by atoms with E-state index in [1.54, 1.807) is 35.7 Å². The van der Waals surface area contributed by atoms with Gasteiger partial charge in [-0.15, -0.1) is 0 Å². The van der Waals surface area contributed by atoms with Crippen LogP contribution in [0.4, 0.5) is 4.79 Å². The molecule has 1 aliphatic rings. The lowest BCUT2D eigenvalue weighted by molar-refractivity contribution is -0.148. The van der Waals surface area contributed by atoms with E-state index in [0.717, 1.165) is 18.4 Å². The fourth-order valence-corrected chi connectivity index (χ4v) is 8.92. The number of carbonyl (C=O) groups excluding carboxylic acids is 5. The highest BCUT2D eigenvalue weighted by Gasteiger charge is 2.43. The van der Waals surface area contributed by atoms with Crippen LogP contribution in [0.5, 0.6) is 0 Å². The molecule has 0 unspecified atom stereocenters. The van der Waals surface area contributed by atoms with E-state index >= 15 is 0 Å². The highest BCUT2D eigenvalue weighted by Crippen LogP contribution is 2.30. The number of carboxylic acid groups (broad SMARTS) is 1. The van der Waals surface area contributed by atoms with Crippen LogP contribution in [-0.4, -0.2) is 163 Å². The molecule has 16 heteroatoms. The summed E-state index contributed by atoms with van der Waals surface area (Å²) in [6.07, 6.45) is 1.72. The molecule has 1 fully saturated rings. The van der Waals surface area contributed by atoms with E-state index in [-0.39, 0.29) is 54.4 Å². The molecule has 1 aromatic rings. The van der Waals surface area contributed by atoms with Crippen molar-refractivity contribution >= 4 is 35.7 Å². The van der Waals surface area contributed by atoms with Gasteiger partial charge in [0.1, 0.15) is 17.7 Å². The van der Waals surface area contributed by atoms with Crippen molar-refractivity contribution in [3.8, 4) is 0 Å². The number of methoxy groups -OCH3 is 2. The average molecular weight is 917 g/mol. The number of aliphatic carboxylic acids is 1. The van der Waals surface area contributed by atoms with Gasteiger partial charge in [0.2, 0.25) is 23.6 Å². The number of unbranched alkanes of at least 4 members (excludes halogenated alkanes) is 1. The van der Waals surface area contributed by atoms with Crippen LogP contribution >= 0.6 is 0 Å². The summed E-state index contributed by atoms with van der Waals surface area (Å²) in [5.41, 5.74) is 0.197. The van der Waals surface area contributed by atoms with E-state index in [4.69, 9.17) is 14.2 Å². The number of likely N-dealkylation sites (N-methyl/N-ethyl adjacent to an activating group) is 2. The van der Waals surface area contributed by atoms with E-state index in [0.29, 0.717) is 38.9 Å². The number of carbonyl (C=O) groups is 6. The monoisotopic (exact) mass is 917 g/mol. The summed E-state index contributed by atoms with van der Waals surface area (Å²) in [5, 5.41) is 15.7. The van der Waals surface area contributed by atoms with Gasteiger partial charge in [-0.1, -0.05) is 85.2 Å². The highest BCUT2D eigenvalue weighted by atomic mass is 16.6. The van der Waals surface area contributed by atoms with Gasteiger partial charge in [0.15, 0.2) is 0 Å². The predicted molar refractivity (Wildman–Crippen MR) is 252 cm³/mol. The Kier molecular flexibility index (Phi) is 23.4. The lowest BCUT2D eigenvalue weighted by atomic mass is 9.89. The second kappa shape index (κ2) is 26.8. The maximum absolute atomic E-state index is 14.6. The zero-order valence-corrected chi connectivity index (χ0v) is 42.2. The lowest BCUT2D eigenvalue weighted by Gasteiger charge is -2.41. The molecule has 3 N–H and O–H groups in total. The molecule has 5 amide bonds. The SMILES string of the molecule is CC[C@H](C)[C@@H]([C@@H](CC(=O)N1CCC[C@H]1[C@H](OC)[C@@H](C)C(=O)N[C@H](Cc1ccccc1)C(=O)O)OC)N(C)C(=O)[C@@H](NC(=O)[C@H](C(C)C)N(C)CCCCN(C)C(=O)OC(C)(C)C)C(C)C. The molecule has 0 bridgehead atoms. The molecular formula is C49H84N6O10. The molecule has 65 heavy (non-hydrogen) atoms. The van der Waals surface area contributed by atoms with Crippen molar-refractivity contribution in [3.63, 3.8) is 0 Å². The maximum Gasteiger partial charge on any atom is 0.410 e. The van der Waals surface area contributed by atoms with E-state index in [9.17, 15) is 33.9 Å². The Bertz CT molecular complexity index is 1670. The van der Waals surface area contributed by atoms with Gasteiger partial charge >= 0.3 is 12.1 Å². The first-order valence-corrected chi connectivity index (χ1v) is 23.5. The van der Waals surface area contributed by atoms with E-state index in [2.05, 4.69) is 10.6 Å². The molecule has 0 aliphatic carbocycles. The molecule has 1 saturated heterocycles. The zero-order chi connectivity index (χ0) is 49.3. The van der Waals surface area contributed by atoms with E-state index < -0.39 is 65.8 Å². The second-order valence-corrected chi connectivity index (χ2v) is 19.7. The van der Waals surface area contributed by atoms with Gasteiger partial charge in [-0.05, 0) is 83.4 Å². The summed E-state index contributed by atoms with van der Waals surface area (Å²) in [6, 6.07) is 5.60. The molecule has 16 nitrogen and oxygen atoms in total. The minimum Gasteiger partial charge on any atom is -0.480 e. The Hall–Kier alpha value is -4.28. The van der Waals surface area contributed by atoms with Crippen molar-refractivity contribution in [2.45, 2.75) is 162 Å². The number of rotatable bonds is 26. The van der Waals surface area contributed by atoms with Gasteiger partial charge in [0, 0.05) is 47.8 Å². The van der Waals surface area contributed by atoms with Crippen LogP contribution in [0.15, 0.2) is 30.3 Å². The molecule has 2 rings (SSSR count). The molecule has 0 spiro atoms. The molecule has 1 heterocycles. The fourth-order valence-electron chi connectivity index (χ4n) is 8.92. The van der Waals surface area contributed by atoms with E-state index in [1.807, 2.05) is 105 Å². The molecule has 0 radical (unpaired) electrons. The fraction of sp³-hybridized carbons (Fsp3) is 0.755. The van der Waals surface area contributed by atoms with Gasteiger partial charge in [-0.3, -0.25) is 24.1 Å². The number of benzene rings is 1. The minimum absolute atomic E-state index is 0.0404. The molecule has 0 aromatic heterocycles. The first-order valence-electron chi connectivity index (χ1n) is 23.5. The normalized spacial score (nSPS) is 18.0. The minimum atomic E-state index is -1.15. The average Bonchev–Trinajstić information content (AvgIpc) is 3.72. The number of ether oxygens (including phenoxy) is 3. The van der Waals surface area contributed by atoms with Gasteiger partial charge in [-0.25, -0.2) is 9.59 Å². The third-order valence-electron chi connectivity index (χ3n) is 12.7. The quantitative estimate of drug-likeness (QED) is 0.100. The number of amides is 5. The summed E-state index contributed by atoms with van der Waals surface area (Å²) in [7, 11) is 8.34. The maximum atomic E-state index is 14.6. The van der Waals surface area contributed by atoms with Gasteiger partial charge in [0.25, 0.3) is 0 Å². The molecule has 370 valence electrons. The largest absolute Gasteiger partial charge is 0.480 e. The summed E-state index contributed by atoms with van der Waals surface area (Å²) in [4.78, 5) is 88.1. The van der Waals surface area contributed by atoms with Gasteiger partial charge in [-0.2, -0.15) is 0 Å². The molecule has 0 saturated carbocycles. The summed E-state index contributed by atoms with van der Waals surface area (Å²) in [6.45, 7) is 20.5. The Morgan fingerprint density at radius 2 is 1.48 bits per heavy atom. The Morgan fingerprint density at radius 1 is 0.862 bits per heavy atom. The van der Waals surface area contributed by atoms with Crippen LogP contribution in [-0.2, 0) is 44.6 Å². The molecule has 1 aromatic carbocycles. The standard InChI is InChI=1S/C49H84N6O10/c1-16-33(6)42(54(13)46(59)40(31(2)3)51-45(58)41(32(4)5)52(11)26-20-21-27-53(12)48(62)65-49(8,9)10)38(63-14)30-39(56)55-28-22-25-37(55)43(64-15)34(7)44(57)50-36(47(60)61)29-35-23-18-17-19-24-35/h17-19,23-24,31-34,36-38,40-43H,16,20-22,25-30H2,1-15H3,(H,50,57)(H,51,58)(H,60,61)/t33-,34+,36+,37-,38+,40-,41-,42-,43+/m0/s1. The number of hydrogen-bond acceptors (Lipinski definition) is 10. The number of nitrogens with zero attached hydrogens (tertiary/aromatic N) is 4. The third kappa shape index (κ3) is 17.1. The summed E-state index contributed by atoms with van der Waals surface area (Å²) >= 11 is 0. The van der Waals surface area contributed by atoms with Crippen LogP contribution in [0.3, 0.4) is 0 Å². The van der Waals surface area contributed by atoms with Gasteiger partial charge in [0.05, 0.1) is 42.7 Å². The second-order valence-electron chi connectivity index (χ2n) is 19.7. The lowest BCUT2D eigenvalue weighted by Crippen LogP contribution is -2.60. The number of nitrogens with one attached hydrogen (secondary N) is 2. The van der Waals surface area contributed by atoms with Crippen molar-refractivity contribution < 1.29 is 48.1 Å². The molecule has 9 atom stereocenters. The van der Waals surface area contributed by atoms with Crippen LogP contribution in [0.1, 0.15) is 113 Å². The van der Waals surface area contributed by atoms with Crippen molar-refractivity contribution in [1.29, 1.82) is 0 Å². The summed E-state index contributed by atoms with van der Waals surface area (Å²) < 4.78 is 17.4. The first-order chi connectivity index (χ1) is 30.4. The van der Waals surface area contributed by atoms with Crippen LogP contribution in [0, 0.1) is 23.7 Å². The first kappa shape index (κ1) is 56.8. The van der Waals surface area contributed by atoms with Crippen LogP contribution < -0.4 is 10.6 Å². The third-order valence-corrected chi connectivity index (χ3v) is 12.7. The Balaban J connectivity index is 2.21. The van der Waals surface area contributed by atoms with Crippen molar-refractivity contribution in [2.75, 3.05) is 55.0 Å². The van der Waals surface area contributed by atoms with Crippen molar-refractivity contribution in [1.82, 2.24) is 30.2 Å². The summed E-state index contributed by atoms with van der Waals surface area (Å²) in [5.74, 6) is -3.55. The van der Waals surface area contributed by atoms with E-state index in [1.165, 1.54) is 14.2 Å². The number of carboxylic acids is 1. The number of hydrogen-bond donors (Lipinski definition) is 3. The number of likely N-dealkylation sites (tertiary alicyclic amines) is 1. The van der Waals surface area contributed by atoms with Crippen LogP contribution in [0.25, 0.3) is 0 Å². The highest BCUT2D eigenvalue weighted by molar-refractivity contribution is 5.90. The van der Waals surface area contributed by atoms with Gasteiger partial charge < -0.3 is 44.7 Å². The van der Waals surface area contributed by atoms with Crippen LogP contribution in [0.2, 0.25) is 0 Å². The predicted octanol–water partition coefficient (Wildman–Crippen LogP) is 5.46. The van der Waals surface area contributed by atoms with Crippen molar-refractivity contribution in [3.05, 3.63) is 35.9 Å². The Labute approximate surface area is 389 Å². The topological polar surface area (TPSA) is 187 Å². The smallest absolute Gasteiger partial charge is 0.410 e. The zero-order valence-electron chi connectivity index (χ0n) is 42.2. The molecular weight excluding hydrogens is 833 g/mol.